The smallest absolute Gasteiger partial charge is 0.410 e. The molecule has 1 aromatic heterocycles. The Morgan fingerprint density at radius 2 is 1.97 bits per heavy atom. The van der Waals surface area contributed by atoms with Gasteiger partial charge in [0.2, 0.25) is 0 Å². The van der Waals surface area contributed by atoms with Crippen molar-refractivity contribution in [1.29, 1.82) is 0 Å². The first-order valence-corrected chi connectivity index (χ1v) is 14.3. The molecule has 0 aliphatic carbocycles. The second kappa shape index (κ2) is 10.1. The first-order chi connectivity index (χ1) is 14.7. The predicted octanol–water partition coefficient (Wildman–Crippen LogP) is 4.07. The van der Waals surface area contributed by atoms with E-state index < -0.39 is 8.07 Å². The number of benzene rings is 1. The summed E-state index contributed by atoms with van der Waals surface area (Å²) in [6.45, 7) is 9.17. The molecule has 1 aliphatic heterocycles. The van der Waals surface area contributed by atoms with Crippen molar-refractivity contribution in [1.82, 2.24) is 19.6 Å². The average Bonchev–Trinajstić information content (AvgIpc) is 3.28. The minimum absolute atomic E-state index is 0.254. The summed E-state index contributed by atoms with van der Waals surface area (Å²) in [4.78, 5) is 20.7. The maximum absolute atomic E-state index is 12.6. The number of nitrogens with zero attached hydrogens (tertiary/aromatic N) is 5. The van der Waals surface area contributed by atoms with Crippen molar-refractivity contribution in [3.05, 3.63) is 47.2 Å². The van der Waals surface area contributed by atoms with Crippen LogP contribution < -0.4 is 0 Å². The van der Waals surface area contributed by atoms with Gasteiger partial charge in [0.25, 0.3) is 0 Å². The maximum Gasteiger partial charge on any atom is 0.410 e. The Labute approximate surface area is 185 Å². The molecule has 0 unspecified atom stereocenters. The Balaban J connectivity index is 1.66. The molecule has 0 saturated carbocycles. The fraction of sp³-hybridized carbons (Fsp3) is 0.500. The quantitative estimate of drug-likeness (QED) is 0.253. The number of fused-ring (bicyclic) bond motifs is 1. The van der Waals surface area contributed by atoms with Crippen LogP contribution in [0.4, 0.5) is 10.6 Å². The Kier molecular flexibility index (Phi) is 7.50. The van der Waals surface area contributed by atoms with Crippen molar-refractivity contribution in [2.24, 2.45) is 4.99 Å². The highest BCUT2D eigenvalue weighted by atomic mass is 28.3. The Bertz CT molecular complexity index is 906. The highest BCUT2D eigenvalue weighted by Gasteiger charge is 2.31. The first-order valence-electron chi connectivity index (χ1n) is 10.6. The van der Waals surface area contributed by atoms with E-state index >= 15 is 0 Å². The van der Waals surface area contributed by atoms with E-state index in [9.17, 15) is 4.79 Å². The lowest BCUT2D eigenvalue weighted by Crippen LogP contribution is -2.27. The van der Waals surface area contributed by atoms with Crippen LogP contribution in [0.2, 0.25) is 25.7 Å². The molecular formula is C22H33N5O3Si. The zero-order valence-electron chi connectivity index (χ0n) is 19.2. The Hall–Kier alpha value is -2.65. The van der Waals surface area contributed by atoms with E-state index in [1.54, 1.807) is 11.2 Å². The molecular weight excluding hydrogens is 410 g/mol. The molecule has 0 atom stereocenters. The largest absolute Gasteiger partial charge is 0.445 e. The number of ether oxygens (including phenoxy) is 2. The summed E-state index contributed by atoms with van der Waals surface area (Å²) in [6.07, 6.45) is 1.38. The fourth-order valence-corrected chi connectivity index (χ4v) is 3.89. The molecule has 0 N–H and O–H groups in total. The van der Waals surface area contributed by atoms with Crippen molar-refractivity contribution in [3.63, 3.8) is 0 Å². The monoisotopic (exact) mass is 443 g/mol. The van der Waals surface area contributed by atoms with Crippen molar-refractivity contribution in [2.75, 3.05) is 20.7 Å². The molecule has 1 aliphatic rings. The lowest BCUT2D eigenvalue weighted by molar-refractivity contribution is 0.0729. The molecule has 0 saturated heterocycles. The highest BCUT2D eigenvalue weighted by Crippen LogP contribution is 2.31. The van der Waals surface area contributed by atoms with Gasteiger partial charge in [0.15, 0.2) is 5.82 Å². The van der Waals surface area contributed by atoms with Gasteiger partial charge in [-0.25, -0.2) is 14.5 Å². The molecule has 1 amide bonds. The molecule has 1 aromatic carbocycles. The summed E-state index contributed by atoms with van der Waals surface area (Å²) >= 11 is 0. The molecule has 0 bridgehead atoms. The zero-order chi connectivity index (χ0) is 22.4. The minimum atomic E-state index is -1.15. The van der Waals surface area contributed by atoms with E-state index in [0.717, 1.165) is 22.9 Å². The third kappa shape index (κ3) is 6.66. The van der Waals surface area contributed by atoms with Crippen molar-refractivity contribution < 1.29 is 14.3 Å². The zero-order valence-corrected chi connectivity index (χ0v) is 20.2. The summed E-state index contributed by atoms with van der Waals surface area (Å²) < 4.78 is 13.2. The number of amides is 1. The number of rotatable bonds is 9. The standard InChI is InChI=1S/C22H33N5O3Si/c1-25(2)16-23-21-19-13-26(22(28)30-15-18-9-7-6-8-10-18)14-20(19)27(24-21)17-29-11-12-31(3,4)5/h6-10,16H,11-15,17H2,1-5H3/b23-16+. The summed E-state index contributed by atoms with van der Waals surface area (Å²) in [6, 6.07) is 10.8. The second-order valence-corrected chi connectivity index (χ2v) is 14.8. The molecule has 8 nitrogen and oxygen atoms in total. The van der Waals surface area contributed by atoms with Gasteiger partial charge in [-0.05, 0) is 11.6 Å². The lowest BCUT2D eigenvalue weighted by atomic mass is 10.2. The van der Waals surface area contributed by atoms with Crippen LogP contribution in [0.25, 0.3) is 0 Å². The minimum Gasteiger partial charge on any atom is -0.445 e. The Morgan fingerprint density at radius 3 is 2.65 bits per heavy atom. The van der Waals surface area contributed by atoms with E-state index in [-0.39, 0.29) is 12.7 Å². The van der Waals surface area contributed by atoms with Crippen LogP contribution in [-0.2, 0) is 35.9 Å². The summed E-state index contributed by atoms with van der Waals surface area (Å²) in [5, 5.41) is 4.62. The van der Waals surface area contributed by atoms with Gasteiger partial charge < -0.3 is 14.4 Å². The van der Waals surface area contributed by atoms with E-state index in [1.165, 1.54) is 0 Å². The van der Waals surface area contributed by atoms with Crippen LogP contribution in [0.15, 0.2) is 35.3 Å². The lowest BCUT2D eigenvalue weighted by Gasteiger charge is -2.17. The number of hydrogen-bond donors (Lipinski definition) is 0. The van der Waals surface area contributed by atoms with Crippen LogP contribution >= 0.6 is 0 Å². The van der Waals surface area contributed by atoms with Gasteiger partial charge in [-0.1, -0.05) is 50.0 Å². The third-order valence-electron chi connectivity index (χ3n) is 4.92. The van der Waals surface area contributed by atoms with Gasteiger partial charge >= 0.3 is 6.09 Å². The normalized spacial score (nSPS) is 13.6. The molecule has 0 fully saturated rings. The molecule has 0 spiro atoms. The number of carbonyl (C=O) groups is 1. The van der Waals surface area contributed by atoms with Crippen LogP contribution in [0, 0.1) is 0 Å². The van der Waals surface area contributed by atoms with Crippen LogP contribution in [0.1, 0.15) is 16.8 Å². The van der Waals surface area contributed by atoms with Crippen LogP contribution in [0.3, 0.4) is 0 Å². The van der Waals surface area contributed by atoms with E-state index in [4.69, 9.17) is 9.47 Å². The van der Waals surface area contributed by atoms with Crippen molar-refractivity contribution >= 4 is 26.3 Å². The van der Waals surface area contributed by atoms with Crippen LogP contribution in [0.5, 0.6) is 0 Å². The summed E-state index contributed by atoms with van der Waals surface area (Å²) in [5.74, 6) is 0.621. The van der Waals surface area contributed by atoms with Gasteiger partial charge in [-0.3, -0.25) is 4.90 Å². The van der Waals surface area contributed by atoms with Gasteiger partial charge in [-0.2, -0.15) is 5.10 Å². The van der Waals surface area contributed by atoms with E-state index in [0.29, 0.717) is 32.2 Å². The van der Waals surface area contributed by atoms with Gasteiger partial charge in [0.05, 0.1) is 25.1 Å². The average molecular weight is 444 g/mol. The number of aliphatic imine (C=N–C) groups is 1. The number of aromatic nitrogens is 2. The first kappa shape index (κ1) is 23.0. The maximum atomic E-state index is 12.6. The molecule has 168 valence electrons. The highest BCUT2D eigenvalue weighted by molar-refractivity contribution is 6.76. The van der Waals surface area contributed by atoms with Crippen LogP contribution in [-0.4, -0.2) is 60.8 Å². The molecule has 2 heterocycles. The van der Waals surface area contributed by atoms with Gasteiger partial charge in [0, 0.05) is 34.3 Å². The topological polar surface area (TPSA) is 72.2 Å². The predicted molar refractivity (Wildman–Crippen MR) is 124 cm³/mol. The van der Waals surface area contributed by atoms with E-state index in [1.807, 2.05) is 54.0 Å². The summed E-state index contributed by atoms with van der Waals surface area (Å²) in [7, 11) is 2.67. The molecule has 3 rings (SSSR count). The third-order valence-corrected chi connectivity index (χ3v) is 6.62. The van der Waals surface area contributed by atoms with Gasteiger partial charge in [-0.15, -0.1) is 0 Å². The molecule has 31 heavy (non-hydrogen) atoms. The van der Waals surface area contributed by atoms with Crippen molar-refractivity contribution in [3.8, 4) is 0 Å². The molecule has 9 heteroatoms. The second-order valence-electron chi connectivity index (χ2n) is 9.20. The number of hydrogen-bond acceptors (Lipinski definition) is 5. The number of carbonyl (C=O) groups excluding carboxylic acids is 1. The summed E-state index contributed by atoms with van der Waals surface area (Å²) in [5.41, 5.74) is 2.87. The molecule has 2 aromatic rings. The SMILES string of the molecule is CN(C)/C=N/c1nn(COCC[Si](C)(C)C)c2c1CN(C(=O)OCc1ccccc1)C2. The van der Waals surface area contributed by atoms with E-state index in [2.05, 4.69) is 29.7 Å². The van der Waals surface area contributed by atoms with Gasteiger partial charge in [0.1, 0.15) is 13.3 Å². The molecule has 0 radical (unpaired) electrons. The Morgan fingerprint density at radius 1 is 1.23 bits per heavy atom. The fourth-order valence-electron chi connectivity index (χ4n) is 3.14. The van der Waals surface area contributed by atoms with Crippen molar-refractivity contribution in [2.45, 2.75) is 52.1 Å².